The fraction of sp³-hybridized carbons (Fsp3) is 0.385. The van der Waals surface area contributed by atoms with Crippen LogP contribution in [-0.4, -0.2) is 69.5 Å². The van der Waals surface area contributed by atoms with Crippen LogP contribution in [0.2, 0.25) is 0 Å². The first-order chi connectivity index (χ1) is 17.1. The number of thiazole rings is 1. The van der Waals surface area contributed by atoms with Crippen LogP contribution in [0.1, 0.15) is 29.0 Å². The topological polar surface area (TPSA) is 82.2 Å². The van der Waals surface area contributed by atoms with E-state index >= 15 is 0 Å². The van der Waals surface area contributed by atoms with Gasteiger partial charge in [-0.15, -0.1) is 11.3 Å². The Kier molecular flexibility index (Phi) is 8.57. The molecule has 1 aliphatic rings. The average molecular weight is 498 g/mol. The van der Waals surface area contributed by atoms with Crippen molar-refractivity contribution < 1.29 is 23.7 Å². The van der Waals surface area contributed by atoms with Gasteiger partial charge in [0, 0.05) is 30.6 Å². The molecule has 1 N–H and O–H groups in total. The van der Waals surface area contributed by atoms with Crippen molar-refractivity contribution >= 4 is 17.2 Å². The minimum atomic E-state index is -0.197. The second-order valence-corrected chi connectivity index (χ2v) is 8.84. The number of hydrogen-bond donors (Lipinski definition) is 1. The van der Waals surface area contributed by atoms with Crippen LogP contribution in [0.3, 0.4) is 0 Å². The van der Waals surface area contributed by atoms with Crippen molar-refractivity contribution in [3.05, 3.63) is 59.1 Å². The van der Waals surface area contributed by atoms with Gasteiger partial charge in [-0.05, 0) is 48.9 Å². The van der Waals surface area contributed by atoms with Gasteiger partial charge >= 0.3 is 0 Å². The van der Waals surface area contributed by atoms with E-state index in [1.807, 2.05) is 49.4 Å². The number of ether oxygens (including phenoxy) is 4. The zero-order valence-electron chi connectivity index (χ0n) is 20.3. The van der Waals surface area contributed by atoms with Gasteiger partial charge < -0.3 is 24.3 Å². The molecular formula is C26H31N3O5S. The van der Waals surface area contributed by atoms with E-state index in [0.717, 1.165) is 35.0 Å². The molecule has 1 aliphatic heterocycles. The van der Waals surface area contributed by atoms with Crippen LogP contribution in [-0.2, 0) is 4.74 Å². The highest BCUT2D eigenvalue weighted by molar-refractivity contribution is 7.13. The van der Waals surface area contributed by atoms with Crippen LogP contribution in [0.5, 0.6) is 17.2 Å². The predicted molar refractivity (Wildman–Crippen MR) is 136 cm³/mol. The first kappa shape index (κ1) is 25.0. The number of morpholine rings is 1. The third kappa shape index (κ3) is 6.11. The molecule has 1 aromatic heterocycles. The molecule has 8 nitrogen and oxygen atoms in total. The van der Waals surface area contributed by atoms with Crippen LogP contribution in [0, 0.1) is 0 Å². The molecule has 1 saturated heterocycles. The van der Waals surface area contributed by atoms with Crippen molar-refractivity contribution in [3.8, 4) is 27.8 Å². The van der Waals surface area contributed by atoms with Crippen molar-refractivity contribution in [2.45, 2.75) is 13.0 Å². The first-order valence-corrected chi connectivity index (χ1v) is 12.5. The van der Waals surface area contributed by atoms with E-state index in [9.17, 15) is 4.79 Å². The van der Waals surface area contributed by atoms with Gasteiger partial charge in [0.15, 0.2) is 11.5 Å². The van der Waals surface area contributed by atoms with Crippen molar-refractivity contribution in [2.75, 3.05) is 53.7 Å². The Morgan fingerprint density at radius 3 is 2.54 bits per heavy atom. The molecule has 0 bridgehead atoms. The largest absolute Gasteiger partial charge is 0.494 e. The molecule has 186 valence electrons. The predicted octanol–water partition coefficient (Wildman–Crippen LogP) is 4.03. The highest BCUT2D eigenvalue weighted by Gasteiger charge is 2.25. The summed E-state index contributed by atoms with van der Waals surface area (Å²) in [5.74, 6) is 1.95. The minimum absolute atomic E-state index is 0.0353. The Hall–Kier alpha value is -3.14. The maximum atomic E-state index is 13.0. The van der Waals surface area contributed by atoms with Gasteiger partial charge in [-0.25, -0.2) is 4.98 Å². The monoisotopic (exact) mass is 497 g/mol. The van der Waals surface area contributed by atoms with Crippen LogP contribution >= 0.6 is 11.3 Å². The molecule has 2 aromatic carbocycles. The van der Waals surface area contributed by atoms with E-state index in [-0.39, 0.29) is 11.9 Å². The van der Waals surface area contributed by atoms with Crippen molar-refractivity contribution in [1.29, 1.82) is 0 Å². The Morgan fingerprint density at radius 1 is 1.11 bits per heavy atom. The summed E-state index contributed by atoms with van der Waals surface area (Å²) in [5.41, 5.74) is 2.40. The molecule has 0 saturated carbocycles. The smallest absolute Gasteiger partial charge is 0.270 e. The van der Waals surface area contributed by atoms with Gasteiger partial charge in [-0.3, -0.25) is 9.69 Å². The molecule has 2 heterocycles. The van der Waals surface area contributed by atoms with Crippen molar-refractivity contribution in [2.24, 2.45) is 0 Å². The summed E-state index contributed by atoms with van der Waals surface area (Å²) in [6, 6.07) is 13.6. The maximum absolute atomic E-state index is 13.0. The zero-order chi connectivity index (χ0) is 24.6. The number of aromatic nitrogens is 1. The van der Waals surface area contributed by atoms with Crippen LogP contribution in [0.15, 0.2) is 47.8 Å². The Bertz CT molecular complexity index is 1110. The number of carbonyl (C=O) groups is 1. The van der Waals surface area contributed by atoms with Crippen molar-refractivity contribution in [3.63, 3.8) is 0 Å². The highest BCUT2D eigenvalue weighted by Crippen LogP contribution is 2.32. The van der Waals surface area contributed by atoms with Gasteiger partial charge in [-0.1, -0.05) is 6.07 Å². The van der Waals surface area contributed by atoms with E-state index in [0.29, 0.717) is 43.6 Å². The van der Waals surface area contributed by atoms with Crippen molar-refractivity contribution in [1.82, 2.24) is 15.2 Å². The van der Waals surface area contributed by atoms with E-state index in [1.54, 1.807) is 19.6 Å². The zero-order valence-corrected chi connectivity index (χ0v) is 21.1. The molecule has 0 radical (unpaired) electrons. The summed E-state index contributed by atoms with van der Waals surface area (Å²) in [7, 11) is 3.24. The van der Waals surface area contributed by atoms with Gasteiger partial charge in [0.05, 0.1) is 40.1 Å². The second kappa shape index (κ2) is 12.0. The van der Waals surface area contributed by atoms with E-state index in [4.69, 9.17) is 18.9 Å². The number of methoxy groups -OCH3 is 2. The molecule has 0 aliphatic carbocycles. The third-order valence-corrected chi connectivity index (χ3v) is 6.78. The molecule has 1 amide bonds. The molecule has 3 aromatic rings. The molecule has 35 heavy (non-hydrogen) atoms. The summed E-state index contributed by atoms with van der Waals surface area (Å²) in [6.45, 7) is 5.90. The summed E-state index contributed by atoms with van der Waals surface area (Å²) >= 11 is 1.45. The summed E-state index contributed by atoms with van der Waals surface area (Å²) in [5, 5.41) is 5.67. The summed E-state index contributed by atoms with van der Waals surface area (Å²) < 4.78 is 21.9. The van der Waals surface area contributed by atoms with Crippen LogP contribution in [0.25, 0.3) is 10.6 Å². The lowest BCUT2D eigenvalue weighted by atomic mass is 10.0. The Labute approximate surface area is 209 Å². The SMILES string of the molecule is CCOc1ccc(-c2nc(C(=O)NCC(c3ccc(OC)c(OC)c3)N3CCOCC3)cs2)cc1. The maximum Gasteiger partial charge on any atom is 0.270 e. The number of benzene rings is 2. The molecule has 1 unspecified atom stereocenters. The fourth-order valence-electron chi connectivity index (χ4n) is 4.06. The number of carbonyl (C=O) groups excluding carboxylic acids is 1. The first-order valence-electron chi connectivity index (χ1n) is 11.6. The van der Waals surface area contributed by atoms with Gasteiger partial charge in [0.25, 0.3) is 5.91 Å². The quantitative estimate of drug-likeness (QED) is 0.453. The lowest BCUT2D eigenvalue weighted by molar-refractivity contribution is 0.0161. The van der Waals surface area contributed by atoms with E-state index < -0.39 is 0 Å². The summed E-state index contributed by atoms with van der Waals surface area (Å²) in [4.78, 5) is 19.9. The molecule has 9 heteroatoms. The normalized spacial score (nSPS) is 14.8. The van der Waals surface area contributed by atoms with Crippen LogP contribution in [0.4, 0.5) is 0 Å². The van der Waals surface area contributed by atoms with Gasteiger partial charge in [0.1, 0.15) is 16.5 Å². The summed E-state index contributed by atoms with van der Waals surface area (Å²) in [6.07, 6.45) is 0. The highest BCUT2D eigenvalue weighted by atomic mass is 32.1. The number of rotatable bonds is 10. The number of nitrogens with one attached hydrogen (secondary N) is 1. The average Bonchev–Trinajstić information content (AvgIpc) is 3.40. The molecule has 4 rings (SSSR count). The van der Waals surface area contributed by atoms with Crippen LogP contribution < -0.4 is 19.5 Å². The van der Waals surface area contributed by atoms with Gasteiger partial charge in [-0.2, -0.15) is 0 Å². The molecule has 0 spiro atoms. The third-order valence-electron chi connectivity index (χ3n) is 5.88. The number of nitrogens with zero attached hydrogens (tertiary/aromatic N) is 2. The second-order valence-electron chi connectivity index (χ2n) is 7.98. The molecule has 1 atom stereocenters. The molecular weight excluding hydrogens is 466 g/mol. The Balaban J connectivity index is 1.47. The molecule has 1 fully saturated rings. The van der Waals surface area contributed by atoms with E-state index in [1.165, 1.54) is 11.3 Å². The lowest BCUT2D eigenvalue weighted by Crippen LogP contribution is -2.43. The number of hydrogen-bond acceptors (Lipinski definition) is 8. The minimum Gasteiger partial charge on any atom is -0.494 e. The standard InChI is InChI=1S/C26H31N3O5S/c1-4-34-20-8-5-18(6-9-20)26-28-21(17-35-26)25(30)27-16-22(29-11-13-33-14-12-29)19-7-10-23(31-2)24(15-19)32-3/h5-10,15,17,22H,4,11-14,16H2,1-3H3,(H,27,30). The van der Waals surface area contributed by atoms with E-state index in [2.05, 4.69) is 15.2 Å². The lowest BCUT2D eigenvalue weighted by Gasteiger charge is -2.35. The Morgan fingerprint density at radius 2 is 1.86 bits per heavy atom. The van der Waals surface area contributed by atoms with Gasteiger partial charge in [0.2, 0.25) is 0 Å². The fourth-order valence-corrected chi connectivity index (χ4v) is 4.86. The number of amides is 1.